The van der Waals surface area contributed by atoms with Crippen molar-refractivity contribution < 1.29 is 33.0 Å². The highest BCUT2D eigenvalue weighted by Gasteiger charge is 2.27. The zero-order chi connectivity index (χ0) is 18.7. The van der Waals surface area contributed by atoms with Crippen LogP contribution in [0.2, 0.25) is 0 Å². The van der Waals surface area contributed by atoms with Crippen molar-refractivity contribution >= 4 is 23.2 Å². The number of morpholine rings is 1. The van der Waals surface area contributed by atoms with E-state index in [1.54, 1.807) is 17.0 Å². The van der Waals surface area contributed by atoms with Crippen LogP contribution in [0.25, 0.3) is 0 Å². The maximum Gasteiger partial charge on any atom is 0.387 e. The maximum absolute atomic E-state index is 12.6. The number of amides is 1. The number of carboxylic acid groups (broad SMARTS) is 1. The average Bonchev–Trinajstić information content (AvgIpc) is 3.11. The molecule has 3 rings (SSSR count). The van der Waals surface area contributed by atoms with Gasteiger partial charge in [0.05, 0.1) is 18.0 Å². The number of halogens is 2. The van der Waals surface area contributed by atoms with E-state index in [1.165, 1.54) is 24.3 Å². The van der Waals surface area contributed by atoms with Crippen LogP contribution >= 0.6 is 11.3 Å². The standard InChI is InChI=1S/C17H15F2NO5S/c18-17(19)25-11-3-1-2-10(8-11)12-9-20(6-7-24-12)15(21)13-4-5-14(26-13)16(22)23/h1-5,8,12,17H,6-7,9H2,(H,22,23). The number of carboxylic acids is 1. The summed E-state index contributed by atoms with van der Waals surface area (Å²) >= 11 is 0.914. The second-order valence-corrected chi connectivity index (χ2v) is 6.61. The number of carbonyl (C=O) groups is 2. The number of rotatable bonds is 5. The van der Waals surface area contributed by atoms with E-state index in [9.17, 15) is 18.4 Å². The van der Waals surface area contributed by atoms with Crippen LogP contribution in [0.15, 0.2) is 36.4 Å². The third kappa shape index (κ3) is 4.17. The lowest BCUT2D eigenvalue weighted by molar-refractivity contribution is -0.0504. The first-order valence-electron chi connectivity index (χ1n) is 7.73. The van der Waals surface area contributed by atoms with Gasteiger partial charge in [0.15, 0.2) is 0 Å². The fraction of sp³-hybridized carbons (Fsp3) is 0.294. The summed E-state index contributed by atoms with van der Waals surface area (Å²) in [6.45, 7) is -2.04. The first kappa shape index (κ1) is 18.3. The number of hydrogen-bond donors (Lipinski definition) is 1. The molecule has 2 heterocycles. The summed E-state index contributed by atoms with van der Waals surface area (Å²) in [6.07, 6.45) is -0.479. The number of nitrogens with zero attached hydrogens (tertiary/aromatic N) is 1. The summed E-state index contributed by atoms with van der Waals surface area (Å²) < 4.78 is 34.8. The third-order valence-electron chi connectivity index (χ3n) is 3.84. The second-order valence-electron chi connectivity index (χ2n) is 5.53. The topological polar surface area (TPSA) is 76.1 Å². The van der Waals surface area contributed by atoms with Crippen LogP contribution in [0.5, 0.6) is 5.75 Å². The number of ether oxygens (including phenoxy) is 2. The van der Waals surface area contributed by atoms with Crippen LogP contribution in [0.3, 0.4) is 0 Å². The predicted octanol–water partition coefficient (Wildman–Crippen LogP) is 3.26. The van der Waals surface area contributed by atoms with E-state index in [0.717, 1.165) is 11.3 Å². The summed E-state index contributed by atoms with van der Waals surface area (Å²) in [7, 11) is 0. The minimum absolute atomic E-state index is 0.0221. The number of aromatic carboxylic acids is 1. The van der Waals surface area contributed by atoms with Gasteiger partial charge in [-0.3, -0.25) is 4.79 Å². The predicted molar refractivity (Wildman–Crippen MR) is 88.9 cm³/mol. The zero-order valence-electron chi connectivity index (χ0n) is 13.4. The van der Waals surface area contributed by atoms with E-state index < -0.39 is 18.7 Å². The van der Waals surface area contributed by atoms with Gasteiger partial charge in [-0.1, -0.05) is 12.1 Å². The number of hydrogen-bond acceptors (Lipinski definition) is 5. The Hall–Kier alpha value is -2.52. The summed E-state index contributed by atoms with van der Waals surface area (Å²) in [5.74, 6) is -1.34. The molecule has 0 bridgehead atoms. The first-order chi connectivity index (χ1) is 12.4. The fourth-order valence-corrected chi connectivity index (χ4v) is 3.46. The molecule has 1 aliphatic heterocycles. The maximum atomic E-state index is 12.6. The van der Waals surface area contributed by atoms with Crippen molar-refractivity contribution in [3.05, 3.63) is 51.7 Å². The molecule has 9 heteroatoms. The molecule has 1 amide bonds. The van der Waals surface area contributed by atoms with E-state index in [-0.39, 0.29) is 29.7 Å². The molecular formula is C17H15F2NO5S. The van der Waals surface area contributed by atoms with Crippen LogP contribution in [0.4, 0.5) is 8.78 Å². The zero-order valence-corrected chi connectivity index (χ0v) is 14.2. The lowest BCUT2D eigenvalue weighted by Crippen LogP contribution is -2.42. The summed E-state index contributed by atoms with van der Waals surface area (Å²) in [5.41, 5.74) is 0.623. The van der Waals surface area contributed by atoms with Gasteiger partial charge in [-0.15, -0.1) is 11.3 Å². The van der Waals surface area contributed by atoms with Crippen molar-refractivity contribution in [3.8, 4) is 5.75 Å². The van der Waals surface area contributed by atoms with Crippen molar-refractivity contribution in [1.82, 2.24) is 4.90 Å². The molecule has 1 atom stereocenters. The Morgan fingerprint density at radius 3 is 2.73 bits per heavy atom. The van der Waals surface area contributed by atoms with Crippen LogP contribution in [-0.2, 0) is 4.74 Å². The fourth-order valence-electron chi connectivity index (χ4n) is 2.65. The molecule has 1 aromatic carbocycles. The number of carbonyl (C=O) groups excluding carboxylic acids is 1. The van der Waals surface area contributed by atoms with Crippen molar-refractivity contribution in [2.75, 3.05) is 19.7 Å². The quantitative estimate of drug-likeness (QED) is 0.858. The molecule has 1 aliphatic rings. The highest BCUT2D eigenvalue weighted by molar-refractivity contribution is 7.15. The minimum Gasteiger partial charge on any atom is -0.477 e. The lowest BCUT2D eigenvalue weighted by atomic mass is 10.1. The Morgan fingerprint density at radius 1 is 1.27 bits per heavy atom. The minimum atomic E-state index is -2.92. The molecule has 0 saturated carbocycles. The lowest BCUT2D eigenvalue weighted by Gasteiger charge is -2.33. The van der Waals surface area contributed by atoms with E-state index in [0.29, 0.717) is 17.0 Å². The molecule has 1 unspecified atom stereocenters. The van der Waals surface area contributed by atoms with Gasteiger partial charge in [0, 0.05) is 6.54 Å². The Bertz CT molecular complexity index is 810. The van der Waals surface area contributed by atoms with Gasteiger partial charge < -0.3 is 19.5 Å². The van der Waals surface area contributed by atoms with Crippen LogP contribution in [0.1, 0.15) is 31.0 Å². The Kier molecular flexibility index (Phi) is 5.48. The molecule has 1 saturated heterocycles. The van der Waals surface area contributed by atoms with Crippen molar-refractivity contribution in [1.29, 1.82) is 0 Å². The number of benzene rings is 1. The third-order valence-corrected chi connectivity index (χ3v) is 4.90. The van der Waals surface area contributed by atoms with Gasteiger partial charge in [0.1, 0.15) is 16.7 Å². The Balaban J connectivity index is 1.72. The van der Waals surface area contributed by atoms with E-state index in [2.05, 4.69) is 4.74 Å². The van der Waals surface area contributed by atoms with Crippen molar-refractivity contribution in [2.45, 2.75) is 12.7 Å². The highest BCUT2D eigenvalue weighted by Crippen LogP contribution is 2.28. The monoisotopic (exact) mass is 383 g/mol. The molecule has 1 N–H and O–H groups in total. The van der Waals surface area contributed by atoms with Gasteiger partial charge >= 0.3 is 12.6 Å². The van der Waals surface area contributed by atoms with E-state index in [1.807, 2.05) is 0 Å². The molecule has 26 heavy (non-hydrogen) atoms. The van der Waals surface area contributed by atoms with Crippen LogP contribution < -0.4 is 4.74 Å². The summed E-state index contributed by atoms with van der Waals surface area (Å²) in [5, 5.41) is 8.97. The Morgan fingerprint density at radius 2 is 2.04 bits per heavy atom. The smallest absolute Gasteiger partial charge is 0.387 e. The molecule has 0 radical (unpaired) electrons. The molecule has 0 aliphatic carbocycles. The van der Waals surface area contributed by atoms with Gasteiger partial charge in [0.2, 0.25) is 0 Å². The van der Waals surface area contributed by atoms with Gasteiger partial charge in [-0.2, -0.15) is 8.78 Å². The van der Waals surface area contributed by atoms with Crippen molar-refractivity contribution in [2.24, 2.45) is 0 Å². The largest absolute Gasteiger partial charge is 0.477 e. The molecule has 1 fully saturated rings. The number of thiophene rings is 1. The van der Waals surface area contributed by atoms with Gasteiger partial charge in [0.25, 0.3) is 5.91 Å². The normalized spacial score (nSPS) is 17.3. The Labute approximate surface area is 151 Å². The van der Waals surface area contributed by atoms with Crippen LogP contribution in [-0.4, -0.2) is 48.2 Å². The van der Waals surface area contributed by atoms with Gasteiger partial charge in [-0.05, 0) is 29.8 Å². The molecule has 2 aromatic rings. The molecule has 138 valence electrons. The molecule has 6 nitrogen and oxygen atoms in total. The van der Waals surface area contributed by atoms with Gasteiger partial charge in [-0.25, -0.2) is 4.79 Å². The van der Waals surface area contributed by atoms with Crippen molar-refractivity contribution in [3.63, 3.8) is 0 Å². The summed E-state index contributed by atoms with van der Waals surface area (Å²) in [6, 6.07) is 9.04. The number of alkyl halides is 2. The first-order valence-corrected chi connectivity index (χ1v) is 8.54. The van der Waals surface area contributed by atoms with E-state index >= 15 is 0 Å². The second kappa shape index (κ2) is 7.79. The highest BCUT2D eigenvalue weighted by atomic mass is 32.1. The summed E-state index contributed by atoms with van der Waals surface area (Å²) in [4.78, 5) is 25.5. The molecular weight excluding hydrogens is 368 g/mol. The molecule has 1 aromatic heterocycles. The SMILES string of the molecule is O=C(O)c1ccc(C(=O)N2CCOC(c3cccc(OC(F)F)c3)C2)s1. The molecule has 0 spiro atoms. The van der Waals surface area contributed by atoms with E-state index in [4.69, 9.17) is 9.84 Å². The van der Waals surface area contributed by atoms with Crippen LogP contribution in [0, 0.1) is 0 Å². The average molecular weight is 383 g/mol.